The van der Waals surface area contributed by atoms with Crippen molar-refractivity contribution in [2.75, 3.05) is 50.1 Å². The van der Waals surface area contributed by atoms with E-state index in [0.29, 0.717) is 18.5 Å². The van der Waals surface area contributed by atoms with E-state index in [0.717, 1.165) is 37.8 Å². The average molecular weight is 469 g/mol. The summed E-state index contributed by atoms with van der Waals surface area (Å²) in [6.45, 7) is 3.66. The van der Waals surface area contributed by atoms with Crippen molar-refractivity contribution in [1.82, 2.24) is 24.8 Å². The first-order valence-electron chi connectivity index (χ1n) is 8.19. The van der Waals surface area contributed by atoms with Gasteiger partial charge in [-0.15, -0.1) is 24.0 Å². The zero-order valence-electron chi connectivity index (χ0n) is 15.0. The lowest BCUT2D eigenvalue weighted by molar-refractivity contribution is 0.378. The Hall–Kier alpha value is -2.24. The van der Waals surface area contributed by atoms with Crippen LogP contribution in [0.2, 0.25) is 0 Å². The Morgan fingerprint density at radius 1 is 1.12 bits per heavy atom. The number of guanidine groups is 1. The summed E-state index contributed by atoms with van der Waals surface area (Å²) in [7, 11) is 3.82. The number of nitrogens with zero attached hydrogens (tertiary/aromatic N) is 8. The molecular weight excluding hydrogens is 445 g/mol. The van der Waals surface area contributed by atoms with Crippen LogP contribution in [0.5, 0.6) is 0 Å². The summed E-state index contributed by atoms with van der Waals surface area (Å²) < 4.78 is 0. The number of hydrogen-bond donors (Lipinski definition) is 1. The molecule has 2 aromatic heterocycles. The molecule has 0 saturated carbocycles. The van der Waals surface area contributed by atoms with Gasteiger partial charge in [-0.3, -0.25) is 0 Å². The highest BCUT2D eigenvalue weighted by Gasteiger charge is 2.19. The van der Waals surface area contributed by atoms with Gasteiger partial charge in [0.1, 0.15) is 0 Å². The summed E-state index contributed by atoms with van der Waals surface area (Å²) >= 11 is 0. The molecule has 0 unspecified atom stereocenters. The fourth-order valence-corrected chi connectivity index (χ4v) is 2.54. The van der Waals surface area contributed by atoms with E-state index in [1.54, 1.807) is 18.6 Å². The number of aliphatic imine (C=N–C) groups is 1. The molecule has 1 aliphatic rings. The van der Waals surface area contributed by atoms with Crippen LogP contribution < -0.4 is 15.5 Å². The standard InChI is InChI=1S/C16H23N9.HI/c1-23(2)16-20-7-4-13(22-16)12-21-14(17)24-8-10-25(11-9-24)15-18-5-3-6-19-15;/h3-7H,8-12H2,1-2H3,(H2,17,21);1H. The van der Waals surface area contributed by atoms with Gasteiger partial charge in [0.2, 0.25) is 11.9 Å². The van der Waals surface area contributed by atoms with Crippen LogP contribution >= 0.6 is 24.0 Å². The predicted molar refractivity (Wildman–Crippen MR) is 113 cm³/mol. The van der Waals surface area contributed by atoms with E-state index in [9.17, 15) is 0 Å². The van der Waals surface area contributed by atoms with Crippen LogP contribution in [0, 0.1) is 0 Å². The third-order valence-corrected chi connectivity index (χ3v) is 3.94. The number of hydrogen-bond acceptors (Lipinski definition) is 7. The SMILES string of the molecule is CN(C)c1nccc(CN=C(N)N2CCN(c3ncccn3)CC2)n1.I. The van der Waals surface area contributed by atoms with Crippen molar-refractivity contribution >= 4 is 41.8 Å². The average Bonchev–Trinajstić information content (AvgIpc) is 2.67. The Morgan fingerprint density at radius 2 is 1.81 bits per heavy atom. The largest absolute Gasteiger partial charge is 0.370 e. The normalized spacial score (nSPS) is 14.8. The lowest BCUT2D eigenvalue weighted by atomic mass is 10.3. The molecule has 26 heavy (non-hydrogen) atoms. The third-order valence-electron chi connectivity index (χ3n) is 3.94. The smallest absolute Gasteiger partial charge is 0.225 e. The van der Waals surface area contributed by atoms with E-state index in [2.05, 4.69) is 34.7 Å². The van der Waals surface area contributed by atoms with Crippen LogP contribution in [0.4, 0.5) is 11.9 Å². The molecule has 3 rings (SSSR count). The van der Waals surface area contributed by atoms with Crippen LogP contribution in [-0.4, -0.2) is 71.1 Å². The maximum Gasteiger partial charge on any atom is 0.225 e. The van der Waals surface area contributed by atoms with E-state index in [1.807, 2.05) is 31.1 Å². The van der Waals surface area contributed by atoms with Gasteiger partial charge >= 0.3 is 0 Å². The summed E-state index contributed by atoms with van der Waals surface area (Å²) in [5.74, 6) is 1.97. The minimum Gasteiger partial charge on any atom is -0.370 e. The molecule has 140 valence electrons. The first-order valence-corrected chi connectivity index (χ1v) is 8.19. The summed E-state index contributed by atoms with van der Waals surface area (Å²) in [6.07, 6.45) is 5.25. The molecule has 1 saturated heterocycles. The Kier molecular flexibility index (Phi) is 7.30. The predicted octanol–water partition coefficient (Wildman–Crippen LogP) is 0.587. The van der Waals surface area contributed by atoms with Crippen LogP contribution in [0.15, 0.2) is 35.7 Å². The van der Waals surface area contributed by atoms with Crippen molar-refractivity contribution in [3.63, 3.8) is 0 Å². The molecule has 1 fully saturated rings. The quantitative estimate of drug-likeness (QED) is 0.395. The molecule has 0 radical (unpaired) electrons. The number of halogens is 1. The fraction of sp³-hybridized carbons (Fsp3) is 0.438. The van der Waals surface area contributed by atoms with Crippen molar-refractivity contribution in [2.24, 2.45) is 10.7 Å². The van der Waals surface area contributed by atoms with Crippen molar-refractivity contribution in [1.29, 1.82) is 0 Å². The molecule has 0 spiro atoms. The third kappa shape index (κ3) is 5.13. The van der Waals surface area contributed by atoms with Crippen molar-refractivity contribution in [3.05, 3.63) is 36.4 Å². The Morgan fingerprint density at radius 3 is 2.46 bits per heavy atom. The Bertz CT molecular complexity index is 715. The van der Waals surface area contributed by atoms with Gasteiger partial charge in [0.05, 0.1) is 12.2 Å². The highest BCUT2D eigenvalue weighted by Crippen LogP contribution is 2.10. The maximum atomic E-state index is 6.15. The summed E-state index contributed by atoms with van der Waals surface area (Å²) in [6, 6.07) is 3.67. The van der Waals surface area contributed by atoms with Crippen LogP contribution in [0.25, 0.3) is 0 Å². The number of aromatic nitrogens is 4. The van der Waals surface area contributed by atoms with Gasteiger partial charge < -0.3 is 20.4 Å². The van der Waals surface area contributed by atoms with Gasteiger partial charge in [-0.25, -0.2) is 24.9 Å². The van der Waals surface area contributed by atoms with E-state index in [4.69, 9.17) is 5.73 Å². The van der Waals surface area contributed by atoms with E-state index in [1.165, 1.54) is 0 Å². The number of nitrogens with two attached hydrogens (primary N) is 1. The topological polar surface area (TPSA) is 99.7 Å². The molecule has 3 heterocycles. The van der Waals surface area contributed by atoms with Gasteiger partial charge in [-0.05, 0) is 12.1 Å². The second kappa shape index (κ2) is 9.46. The van der Waals surface area contributed by atoms with Crippen LogP contribution in [0.1, 0.15) is 5.69 Å². The number of piperazine rings is 1. The first-order chi connectivity index (χ1) is 12.1. The van der Waals surface area contributed by atoms with Gasteiger partial charge in [0.15, 0.2) is 5.96 Å². The monoisotopic (exact) mass is 469 g/mol. The highest BCUT2D eigenvalue weighted by molar-refractivity contribution is 14.0. The Balaban J connectivity index is 0.00000243. The van der Waals surface area contributed by atoms with Gasteiger partial charge in [-0.1, -0.05) is 0 Å². The molecule has 0 aliphatic carbocycles. The van der Waals surface area contributed by atoms with E-state index in [-0.39, 0.29) is 24.0 Å². The zero-order valence-corrected chi connectivity index (χ0v) is 17.3. The molecule has 9 nitrogen and oxygen atoms in total. The van der Waals surface area contributed by atoms with Gasteiger partial charge in [0.25, 0.3) is 0 Å². The molecule has 2 N–H and O–H groups in total. The van der Waals surface area contributed by atoms with Crippen molar-refractivity contribution in [2.45, 2.75) is 6.54 Å². The van der Waals surface area contributed by atoms with E-state index >= 15 is 0 Å². The second-order valence-electron chi connectivity index (χ2n) is 5.94. The molecular formula is C16H24IN9. The fourth-order valence-electron chi connectivity index (χ4n) is 2.54. The summed E-state index contributed by atoms with van der Waals surface area (Å²) in [5.41, 5.74) is 7.00. The zero-order chi connectivity index (χ0) is 17.6. The lowest BCUT2D eigenvalue weighted by Gasteiger charge is -2.35. The number of rotatable bonds is 4. The van der Waals surface area contributed by atoms with Crippen molar-refractivity contribution in [3.8, 4) is 0 Å². The highest BCUT2D eigenvalue weighted by atomic mass is 127. The molecule has 10 heteroatoms. The minimum atomic E-state index is 0. The molecule has 0 amide bonds. The van der Waals surface area contributed by atoms with Crippen LogP contribution in [-0.2, 0) is 6.54 Å². The molecule has 2 aromatic rings. The second-order valence-corrected chi connectivity index (χ2v) is 5.94. The van der Waals surface area contributed by atoms with E-state index < -0.39 is 0 Å². The maximum absolute atomic E-state index is 6.15. The van der Waals surface area contributed by atoms with Gasteiger partial charge in [-0.2, -0.15) is 0 Å². The first kappa shape index (κ1) is 20.1. The molecule has 0 aromatic carbocycles. The minimum absolute atomic E-state index is 0. The molecule has 0 bridgehead atoms. The molecule has 1 aliphatic heterocycles. The Labute approximate surface area is 170 Å². The summed E-state index contributed by atoms with van der Waals surface area (Å²) in [4.78, 5) is 27.8. The van der Waals surface area contributed by atoms with Gasteiger partial charge in [0, 0.05) is 58.9 Å². The van der Waals surface area contributed by atoms with Crippen molar-refractivity contribution < 1.29 is 0 Å². The molecule has 0 atom stereocenters. The summed E-state index contributed by atoms with van der Waals surface area (Å²) in [5, 5.41) is 0. The lowest BCUT2D eigenvalue weighted by Crippen LogP contribution is -2.51. The number of anilines is 2. The van der Waals surface area contributed by atoms with Crippen LogP contribution in [0.3, 0.4) is 0 Å².